The number of aliphatic hydroxyl groups is 1. The number of hydrogen-bond acceptors (Lipinski definition) is 2. The first kappa shape index (κ1) is 8.24. The van der Waals surface area contributed by atoms with E-state index in [0.717, 1.165) is 12.8 Å². The summed E-state index contributed by atoms with van der Waals surface area (Å²) >= 11 is 0. The van der Waals surface area contributed by atoms with Crippen LogP contribution in [0.5, 0.6) is 0 Å². The fourth-order valence-corrected chi connectivity index (χ4v) is 2.73. The van der Waals surface area contributed by atoms with Gasteiger partial charge in [-0.3, -0.25) is 4.79 Å². The van der Waals surface area contributed by atoms with Crippen LogP contribution in [0.2, 0.25) is 0 Å². The third-order valence-electron chi connectivity index (χ3n) is 3.70. The summed E-state index contributed by atoms with van der Waals surface area (Å²) in [6, 6.07) is 0. The summed E-state index contributed by atoms with van der Waals surface area (Å²) in [5.41, 5.74) is 0.276. The summed E-state index contributed by atoms with van der Waals surface area (Å²) in [4.78, 5) is 11.4. The van der Waals surface area contributed by atoms with E-state index in [4.69, 9.17) is 0 Å². The molecular weight excluding hydrogens is 152 g/mol. The maximum Gasteiger partial charge on any atom is 0.138 e. The molecule has 3 atom stereocenters. The Bertz CT molecular complexity index is 220. The molecule has 3 rings (SSSR count). The third kappa shape index (κ3) is 1.01. The lowest BCUT2D eigenvalue weighted by Gasteiger charge is -2.49. The summed E-state index contributed by atoms with van der Waals surface area (Å²) in [7, 11) is 0. The van der Waals surface area contributed by atoms with E-state index >= 15 is 0 Å². The molecule has 0 spiro atoms. The minimum absolute atomic E-state index is 0.0509. The van der Waals surface area contributed by atoms with Crippen molar-refractivity contribution in [1.29, 1.82) is 0 Å². The molecule has 3 saturated carbocycles. The van der Waals surface area contributed by atoms with Crippen molar-refractivity contribution >= 4 is 5.78 Å². The molecule has 0 aromatic heterocycles. The van der Waals surface area contributed by atoms with Gasteiger partial charge in [-0.15, -0.1) is 0 Å². The van der Waals surface area contributed by atoms with Crippen LogP contribution in [-0.4, -0.2) is 17.0 Å². The molecular formula is C10H16O2. The summed E-state index contributed by atoms with van der Waals surface area (Å²) in [5.74, 6) is 0.660. The second kappa shape index (κ2) is 2.32. The lowest BCUT2D eigenvalue weighted by atomic mass is 9.56. The van der Waals surface area contributed by atoms with Crippen LogP contribution in [0.25, 0.3) is 0 Å². The molecule has 2 nitrogen and oxygen atoms in total. The van der Waals surface area contributed by atoms with E-state index in [1.165, 1.54) is 0 Å². The van der Waals surface area contributed by atoms with Crippen LogP contribution >= 0.6 is 0 Å². The molecule has 0 radical (unpaired) electrons. The topological polar surface area (TPSA) is 37.3 Å². The maximum atomic E-state index is 11.4. The van der Waals surface area contributed by atoms with Gasteiger partial charge in [-0.1, -0.05) is 13.8 Å². The molecule has 0 aliphatic heterocycles. The molecule has 0 aromatic rings. The number of ketones is 1. The van der Waals surface area contributed by atoms with Crippen molar-refractivity contribution in [2.75, 3.05) is 0 Å². The zero-order chi connectivity index (χ0) is 8.93. The first-order valence-electron chi connectivity index (χ1n) is 4.71. The molecule has 68 valence electrons. The highest BCUT2D eigenvalue weighted by atomic mass is 16.3. The summed E-state index contributed by atoms with van der Waals surface area (Å²) in [6.07, 6.45) is 2.08. The Morgan fingerprint density at radius 3 is 2.58 bits per heavy atom. The molecule has 1 N–H and O–H groups in total. The SMILES string of the molecule is CC1(C)C[C@H]2C(=O)C[C@H]1C[C@@H]2O. The van der Waals surface area contributed by atoms with Crippen LogP contribution in [0.1, 0.15) is 33.1 Å². The molecule has 0 unspecified atom stereocenters. The van der Waals surface area contributed by atoms with Crippen LogP contribution in [0.15, 0.2) is 0 Å². The highest BCUT2D eigenvalue weighted by Gasteiger charge is 2.49. The van der Waals surface area contributed by atoms with E-state index in [1.54, 1.807) is 0 Å². The third-order valence-corrected chi connectivity index (χ3v) is 3.70. The Hall–Kier alpha value is -0.370. The van der Waals surface area contributed by atoms with Gasteiger partial charge in [0.2, 0.25) is 0 Å². The number of rotatable bonds is 0. The molecule has 3 fully saturated rings. The average Bonchev–Trinajstić information content (AvgIpc) is 1.93. The summed E-state index contributed by atoms with van der Waals surface area (Å²) < 4.78 is 0. The van der Waals surface area contributed by atoms with Gasteiger partial charge in [0.1, 0.15) is 5.78 Å². The first-order chi connectivity index (χ1) is 5.50. The highest BCUT2D eigenvalue weighted by Crippen LogP contribution is 2.50. The van der Waals surface area contributed by atoms with Crippen LogP contribution in [0.4, 0.5) is 0 Å². The molecule has 0 heterocycles. The molecule has 3 aliphatic rings. The number of Topliss-reactive ketones (excluding diaryl/α,β-unsaturated/α-hetero) is 1. The van der Waals surface area contributed by atoms with Crippen molar-refractivity contribution in [3.05, 3.63) is 0 Å². The van der Waals surface area contributed by atoms with Crippen molar-refractivity contribution in [3.8, 4) is 0 Å². The van der Waals surface area contributed by atoms with Gasteiger partial charge in [-0.25, -0.2) is 0 Å². The Balaban J connectivity index is 2.26. The van der Waals surface area contributed by atoms with Crippen LogP contribution < -0.4 is 0 Å². The Labute approximate surface area is 73.0 Å². The highest BCUT2D eigenvalue weighted by molar-refractivity contribution is 5.83. The maximum absolute atomic E-state index is 11.4. The van der Waals surface area contributed by atoms with Gasteiger partial charge in [0, 0.05) is 12.3 Å². The lowest BCUT2D eigenvalue weighted by molar-refractivity contribution is -0.145. The minimum atomic E-state index is -0.343. The van der Waals surface area contributed by atoms with E-state index in [9.17, 15) is 9.90 Å². The standard InChI is InChI=1S/C10H16O2/c1-10(2)5-7-8(11)3-6(10)4-9(7)12/h6-8,11H,3-5H2,1-2H3/t6-,7-,8+/m1/s1. The van der Waals surface area contributed by atoms with Gasteiger partial charge < -0.3 is 5.11 Å². The van der Waals surface area contributed by atoms with Gasteiger partial charge in [0.15, 0.2) is 0 Å². The van der Waals surface area contributed by atoms with Crippen molar-refractivity contribution in [2.24, 2.45) is 17.3 Å². The largest absolute Gasteiger partial charge is 0.392 e. The quantitative estimate of drug-likeness (QED) is 0.593. The average molecular weight is 168 g/mol. The second-order valence-electron chi connectivity index (χ2n) is 4.97. The number of carbonyl (C=O) groups excluding carboxylic acids is 1. The summed E-state index contributed by atoms with van der Waals surface area (Å²) in [5, 5.41) is 9.58. The van der Waals surface area contributed by atoms with Crippen molar-refractivity contribution in [3.63, 3.8) is 0 Å². The second-order valence-corrected chi connectivity index (χ2v) is 4.97. The summed E-state index contributed by atoms with van der Waals surface area (Å²) in [6.45, 7) is 4.42. The number of hydrogen-bond donors (Lipinski definition) is 1. The number of carbonyl (C=O) groups is 1. The Morgan fingerprint density at radius 1 is 1.50 bits per heavy atom. The van der Waals surface area contributed by atoms with E-state index in [2.05, 4.69) is 13.8 Å². The van der Waals surface area contributed by atoms with E-state index in [0.29, 0.717) is 12.3 Å². The molecule has 0 amide bonds. The molecule has 0 saturated heterocycles. The Kier molecular flexibility index (Phi) is 1.59. The Morgan fingerprint density at radius 2 is 2.17 bits per heavy atom. The predicted molar refractivity (Wildman–Crippen MR) is 45.6 cm³/mol. The monoisotopic (exact) mass is 168 g/mol. The fourth-order valence-electron chi connectivity index (χ4n) is 2.73. The smallest absolute Gasteiger partial charge is 0.138 e. The fraction of sp³-hybridized carbons (Fsp3) is 0.900. The van der Waals surface area contributed by atoms with Crippen LogP contribution in [-0.2, 0) is 4.79 Å². The molecule has 3 aliphatic carbocycles. The van der Waals surface area contributed by atoms with Gasteiger partial charge in [-0.2, -0.15) is 0 Å². The molecule has 2 bridgehead atoms. The molecule has 0 aromatic carbocycles. The van der Waals surface area contributed by atoms with Crippen molar-refractivity contribution < 1.29 is 9.90 Å². The number of fused-ring (bicyclic) bond motifs is 3. The molecule has 2 heteroatoms. The molecule has 12 heavy (non-hydrogen) atoms. The first-order valence-corrected chi connectivity index (χ1v) is 4.71. The van der Waals surface area contributed by atoms with Crippen molar-refractivity contribution in [2.45, 2.75) is 39.2 Å². The van der Waals surface area contributed by atoms with Gasteiger partial charge in [-0.05, 0) is 24.2 Å². The van der Waals surface area contributed by atoms with Gasteiger partial charge in [0.05, 0.1) is 6.10 Å². The van der Waals surface area contributed by atoms with E-state index in [-0.39, 0.29) is 23.2 Å². The zero-order valence-electron chi connectivity index (χ0n) is 7.71. The van der Waals surface area contributed by atoms with E-state index < -0.39 is 0 Å². The zero-order valence-corrected chi connectivity index (χ0v) is 7.71. The van der Waals surface area contributed by atoms with Gasteiger partial charge >= 0.3 is 0 Å². The lowest BCUT2D eigenvalue weighted by Crippen LogP contribution is -2.50. The van der Waals surface area contributed by atoms with Crippen molar-refractivity contribution in [1.82, 2.24) is 0 Å². The van der Waals surface area contributed by atoms with E-state index in [1.807, 2.05) is 0 Å². The van der Waals surface area contributed by atoms with Gasteiger partial charge in [0.25, 0.3) is 0 Å². The number of aliphatic hydroxyl groups excluding tert-OH is 1. The normalized spacial score (nSPS) is 44.9. The van der Waals surface area contributed by atoms with Crippen LogP contribution in [0, 0.1) is 17.3 Å². The minimum Gasteiger partial charge on any atom is -0.392 e. The predicted octanol–water partition coefficient (Wildman–Crippen LogP) is 1.37. The van der Waals surface area contributed by atoms with Crippen LogP contribution in [0.3, 0.4) is 0 Å².